The van der Waals surface area contributed by atoms with Crippen molar-refractivity contribution in [3.8, 4) is 17.1 Å². The zero-order valence-electron chi connectivity index (χ0n) is 13.7. The molecule has 0 aliphatic rings. The molecule has 25 heavy (non-hydrogen) atoms. The summed E-state index contributed by atoms with van der Waals surface area (Å²) in [6.45, 7) is 2.72. The molecule has 0 spiro atoms. The molecule has 0 atom stereocenters. The number of aromatic nitrogens is 3. The maximum atomic E-state index is 11.0. The van der Waals surface area contributed by atoms with Crippen molar-refractivity contribution >= 4 is 28.7 Å². The molecule has 3 aromatic rings. The number of aromatic hydroxyl groups is 1. The van der Waals surface area contributed by atoms with Gasteiger partial charge in [0.1, 0.15) is 0 Å². The van der Waals surface area contributed by atoms with Crippen LogP contribution in [0, 0.1) is 0 Å². The summed E-state index contributed by atoms with van der Waals surface area (Å²) in [5.41, 5.74) is 2.70. The molecule has 2 N–H and O–H groups in total. The van der Waals surface area contributed by atoms with Gasteiger partial charge in [0.2, 0.25) is 0 Å². The number of hydrogen-bond acceptors (Lipinski definition) is 4. The van der Waals surface area contributed by atoms with E-state index in [1.807, 2.05) is 0 Å². The third-order valence-corrected chi connectivity index (χ3v) is 4.40. The summed E-state index contributed by atoms with van der Waals surface area (Å²) in [7, 11) is 0. The standard InChI is InChI=1S/C18H18ClN3O3/c1-2-3-4-9-22-15-14(11-5-7-12(8-6-11)17(23)24)13(19)10-20-16(15)21-18(22)25/h5-8,10H,2-4,9H2,1H3,(H,23,24)(H,20,21,25). The molecule has 0 fully saturated rings. The van der Waals surface area contributed by atoms with Crippen LogP contribution in [-0.2, 0) is 6.54 Å². The van der Waals surface area contributed by atoms with E-state index in [1.165, 1.54) is 18.3 Å². The van der Waals surface area contributed by atoms with Gasteiger partial charge in [0.05, 0.1) is 16.1 Å². The van der Waals surface area contributed by atoms with Crippen LogP contribution in [0.4, 0.5) is 0 Å². The van der Waals surface area contributed by atoms with Crippen LogP contribution in [0.25, 0.3) is 22.3 Å². The molecular formula is C18H18ClN3O3. The SMILES string of the molecule is CCCCCn1c(O)nc2ncc(Cl)c(-c3ccc(C(=O)O)cc3)c21. The predicted molar refractivity (Wildman–Crippen MR) is 96.1 cm³/mol. The summed E-state index contributed by atoms with van der Waals surface area (Å²) in [6.07, 6.45) is 4.50. The Morgan fingerprint density at radius 2 is 1.96 bits per heavy atom. The van der Waals surface area contributed by atoms with Gasteiger partial charge < -0.3 is 10.2 Å². The lowest BCUT2D eigenvalue weighted by atomic mass is 10.0. The minimum absolute atomic E-state index is 0.0933. The molecule has 6 nitrogen and oxygen atoms in total. The van der Waals surface area contributed by atoms with E-state index in [9.17, 15) is 9.90 Å². The Morgan fingerprint density at radius 3 is 2.60 bits per heavy atom. The number of aromatic carboxylic acids is 1. The molecule has 0 bridgehead atoms. The van der Waals surface area contributed by atoms with Crippen LogP contribution in [0.5, 0.6) is 6.01 Å². The fourth-order valence-electron chi connectivity index (χ4n) is 2.85. The molecule has 0 aliphatic heterocycles. The average Bonchev–Trinajstić information content (AvgIpc) is 2.91. The highest BCUT2D eigenvalue weighted by Gasteiger charge is 2.19. The Hall–Kier alpha value is -2.60. The van der Waals surface area contributed by atoms with E-state index in [0.29, 0.717) is 28.3 Å². The van der Waals surface area contributed by atoms with Gasteiger partial charge in [0, 0.05) is 18.3 Å². The van der Waals surface area contributed by atoms with Crippen molar-refractivity contribution < 1.29 is 15.0 Å². The van der Waals surface area contributed by atoms with Crippen LogP contribution >= 0.6 is 11.6 Å². The number of rotatable bonds is 6. The molecule has 0 saturated heterocycles. The maximum absolute atomic E-state index is 11.0. The molecular weight excluding hydrogens is 342 g/mol. The first-order chi connectivity index (χ1) is 12.0. The van der Waals surface area contributed by atoms with E-state index >= 15 is 0 Å². The summed E-state index contributed by atoms with van der Waals surface area (Å²) in [5.74, 6) is -0.986. The van der Waals surface area contributed by atoms with Gasteiger partial charge in [0.25, 0.3) is 6.01 Å². The fraction of sp³-hybridized carbons (Fsp3) is 0.278. The summed E-state index contributed by atoms with van der Waals surface area (Å²) >= 11 is 6.38. The fourth-order valence-corrected chi connectivity index (χ4v) is 3.09. The van der Waals surface area contributed by atoms with Gasteiger partial charge in [-0.3, -0.25) is 4.57 Å². The van der Waals surface area contributed by atoms with Gasteiger partial charge >= 0.3 is 5.97 Å². The van der Waals surface area contributed by atoms with E-state index in [-0.39, 0.29) is 11.6 Å². The number of fused-ring (bicyclic) bond motifs is 1. The molecule has 7 heteroatoms. The highest BCUT2D eigenvalue weighted by molar-refractivity contribution is 6.34. The quantitative estimate of drug-likeness (QED) is 0.639. The molecule has 2 heterocycles. The predicted octanol–water partition coefficient (Wildman–Crippen LogP) is 4.35. The summed E-state index contributed by atoms with van der Waals surface area (Å²) in [4.78, 5) is 19.4. The van der Waals surface area contributed by atoms with Crippen LogP contribution in [0.15, 0.2) is 30.5 Å². The number of imidazole rings is 1. The normalized spacial score (nSPS) is 11.1. The number of carboxylic acids is 1. The summed E-state index contributed by atoms with van der Waals surface area (Å²) in [5, 5.41) is 19.7. The number of nitrogens with zero attached hydrogens (tertiary/aromatic N) is 3. The van der Waals surface area contributed by atoms with Crippen LogP contribution in [-0.4, -0.2) is 30.7 Å². The smallest absolute Gasteiger partial charge is 0.335 e. The molecule has 130 valence electrons. The molecule has 0 saturated carbocycles. The minimum Gasteiger partial charge on any atom is -0.480 e. The zero-order chi connectivity index (χ0) is 18.0. The van der Waals surface area contributed by atoms with Crippen molar-refractivity contribution in [3.05, 3.63) is 41.0 Å². The van der Waals surface area contributed by atoms with E-state index in [0.717, 1.165) is 24.8 Å². The number of carboxylic acid groups (broad SMARTS) is 1. The molecule has 0 amide bonds. The Labute approximate surface area is 149 Å². The van der Waals surface area contributed by atoms with E-state index in [1.54, 1.807) is 16.7 Å². The lowest BCUT2D eigenvalue weighted by Gasteiger charge is -2.11. The molecule has 1 aromatic carbocycles. The van der Waals surface area contributed by atoms with Gasteiger partial charge in [0.15, 0.2) is 5.65 Å². The van der Waals surface area contributed by atoms with E-state index in [4.69, 9.17) is 16.7 Å². The van der Waals surface area contributed by atoms with Gasteiger partial charge in [-0.15, -0.1) is 0 Å². The second-order valence-electron chi connectivity index (χ2n) is 5.81. The number of carbonyl (C=O) groups is 1. The molecule has 2 aromatic heterocycles. The summed E-state index contributed by atoms with van der Waals surface area (Å²) in [6, 6.07) is 6.36. The second-order valence-corrected chi connectivity index (χ2v) is 6.21. The monoisotopic (exact) mass is 359 g/mol. The number of unbranched alkanes of at least 4 members (excludes halogenated alkanes) is 2. The Morgan fingerprint density at radius 1 is 1.24 bits per heavy atom. The average molecular weight is 360 g/mol. The first-order valence-corrected chi connectivity index (χ1v) is 8.48. The van der Waals surface area contributed by atoms with Crippen molar-refractivity contribution in [1.29, 1.82) is 0 Å². The van der Waals surface area contributed by atoms with Crippen LogP contribution in [0.2, 0.25) is 5.02 Å². The number of aryl methyl sites for hydroxylation is 1. The second kappa shape index (κ2) is 7.11. The Balaban J connectivity index is 2.15. The molecule has 0 radical (unpaired) electrons. The number of pyridine rings is 1. The van der Waals surface area contributed by atoms with Gasteiger partial charge in [-0.25, -0.2) is 9.78 Å². The topological polar surface area (TPSA) is 88.2 Å². The Bertz CT molecular complexity index is 919. The van der Waals surface area contributed by atoms with Crippen molar-refractivity contribution in [1.82, 2.24) is 14.5 Å². The Kier molecular flexibility index (Phi) is 4.90. The first kappa shape index (κ1) is 17.2. The third kappa shape index (κ3) is 3.30. The van der Waals surface area contributed by atoms with Crippen LogP contribution in [0.3, 0.4) is 0 Å². The van der Waals surface area contributed by atoms with Crippen molar-refractivity contribution in [3.63, 3.8) is 0 Å². The zero-order valence-corrected chi connectivity index (χ0v) is 14.5. The van der Waals surface area contributed by atoms with Gasteiger partial charge in [-0.1, -0.05) is 43.5 Å². The lowest BCUT2D eigenvalue weighted by molar-refractivity contribution is 0.0697. The number of benzene rings is 1. The van der Waals surface area contributed by atoms with Gasteiger partial charge in [-0.05, 0) is 24.1 Å². The van der Waals surface area contributed by atoms with Crippen molar-refractivity contribution in [2.24, 2.45) is 0 Å². The first-order valence-electron chi connectivity index (χ1n) is 8.10. The van der Waals surface area contributed by atoms with E-state index in [2.05, 4.69) is 16.9 Å². The summed E-state index contributed by atoms with van der Waals surface area (Å²) < 4.78 is 1.71. The van der Waals surface area contributed by atoms with Gasteiger partial charge in [-0.2, -0.15) is 4.98 Å². The maximum Gasteiger partial charge on any atom is 0.335 e. The third-order valence-electron chi connectivity index (χ3n) is 4.11. The van der Waals surface area contributed by atoms with Crippen LogP contribution < -0.4 is 0 Å². The molecule has 0 aliphatic carbocycles. The minimum atomic E-state index is -0.986. The highest BCUT2D eigenvalue weighted by Crippen LogP contribution is 2.36. The van der Waals surface area contributed by atoms with Crippen LogP contribution in [0.1, 0.15) is 36.5 Å². The van der Waals surface area contributed by atoms with E-state index < -0.39 is 5.97 Å². The molecule has 3 rings (SSSR count). The lowest BCUT2D eigenvalue weighted by Crippen LogP contribution is -2.00. The number of hydrogen-bond donors (Lipinski definition) is 2. The largest absolute Gasteiger partial charge is 0.480 e. The molecule has 0 unspecified atom stereocenters. The number of halogens is 1. The highest BCUT2D eigenvalue weighted by atomic mass is 35.5. The van der Waals surface area contributed by atoms with Crippen molar-refractivity contribution in [2.75, 3.05) is 0 Å². The van der Waals surface area contributed by atoms with Crippen molar-refractivity contribution in [2.45, 2.75) is 32.7 Å².